The standard InChI is InChI=1S/C18H14ClNO4/c1-11-16(17(21)22)14-9-13(19)7-8-15(14)20(11)18(23)24-10-12-5-3-2-4-6-12/h2-9H,10H2,1H3,(H,21,22). The lowest BCUT2D eigenvalue weighted by Crippen LogP contribution is -2.15. The molecule has 0 amide bonds. The summed E-state index contributed by atoms with van der Waals surface area (Å²) in [7, 11) is 0. The van der Waals surface area contributed by atoms with Gasteiger partial charge in [0.15, 0.2) is 0 Å². The van der Waals surface area contributed by atoms with Crippen LogP contribution in [-0.4, -0.2) is 21.7 Å². The Bertz CT molecular complexity index is 931. The van der Waals surface area contributed by atoms with Gasteiger partial charge in [0.2, 0.25) is 0 Å². The first-order chi connectivity index (χ1) is 11.5. The number of nitrogens with zero attached hydrogens (tertiary/aromatic N) is 1. The molecule has 2 aromatic carbocycles. The molecule has 0 saturated heterocycles. The first kappa shape index (κ1) is 16.1. The molecule has 122 valence electrons. The van der Waals surface area contributed by atoms with Crippen LogP contribution in [0.25, 0.3) is 10.9 Å². The normalized spacial score (nSPS) is 10.8. The van der Waals surface area contributed by atoms with Crippen molar-refractivity contribution in [2.45, 2.75) is 13.5 Å². The quantitative estimate of drug-likeness (QED) is 0.761. The third-order valence-corrected chi connectivity index (χ3v) is 4.00. The van der Waals surface area contributed by atoms with Gasteiger partial charge in [0.1, 0.15) is 6.61 Å². The summed E-state index contributed by atoms with van der Waals surface area (Å²) in [6.45, 7) is 1.68. The molecule has 5 nitrogen and oxygen atoms in total. The van der Waals surface area contributed by atoms with Gasteiger partial charge in [-0.3, -0.25) is 0 Å². The summed E-state index contributed by atoms with van der Waals surface area (Å²) < 4.78 is 6.59. The predicted octanol–water partition coefficient (Wildman–Crippen LogP) is 4.49. The van der Waals surface area contributed by atoms with Gasteiger partial charge in [-0.25, -0.2) is 14.2 Å². The molecule has 6 heteroatoms. The van der Waals surface area contributed by atoms with Gasteiger partial charge in [0, 0.05) is 16.1 Å². The van der Waals surface area contributed by atoms with Crippen molar-refractivity contribution in [2.24, 2.45) is 0 Å². The van der Waals surface area contributed by atoms with Gasteiger partial charge in [0.05, 0.1) is 11.1 Å². The lowest BCUT2D eigenvalue weighted by molar-refractivity contribution is 0.0698. The summed E-state index contributed by atoms with van der Waals surface area (Å²) >= 11 is 5.96. The number of rotatable bonds is 3. The second-order valence-corrected chi connectivity index (χ2v) is 5.74. The zero-order chi connectivity index (χ0) is 17.3. The topological polar surface area (TPSA) is 68.5 Å². The van der Waals surface area contributed by atoms with E-state index < -0.39 is 12.1 Å². The number of carbonyl (C=O) groups is 2. The molecule has 0 fully saturated rings. The fourth-order valence-electron chi connectivity index (χ4n) is 2.68. The van der Waals surface area contributed by atoms with Gasteiger partial charge in [-0.1, -0.05) is 41.9 Å². The van der Waals surface area contributed by atoms with E-state index in [1.807, 2.05) is 30.3 Å². The molecule has 24 heavy (non-hydrogen) atoms. The van der Waals surface area contributed by atoms with Gasteiger partial charge in [-0.15, -0.1) is 0 Å². The Balaban J connectivity index is 2.01. The number of hydrogen-bond donors (Lipinski definition) is 1. The van der Waals surface area contributed by atoms with Crippen molar-refractivity contribution < 1.29 is 19.4 Å². The lowest BCUT2D eigenvalue weighted by atomic mass is 10.1. The van der Waals surface area contributed by atoms with Crippen molar-refractivity contribution >= 4 is 34.6 Å². The van der Waals surface area contributed by atoms with Crippen molar-refractivity contribution in [3.8, 4) is 0 Å². The molecule has 0 saturated carbocycles. The van der Waals surface area contributed by atoms with Crippen LogP contribution < -0.4 is 0 Å². The monoisotopic (exact) mass is 343 g/mol. The van der Waals surface area contributed by atoms with E-state index >= 15 is 0 Å². The summed E-state index contributed by atoms with van der Waals surface area (Å²) in [4.78, 5) is 24.0. The van der Waals surface area contributed by atoms with Crippen molar-refractivity contribution in [3.05, 3.63) is 70.4 Å². The minimum Gasteiger partial charge on any atom is -0.478 e. The fourth-order valence-corrected chi connectivity index (χ4v) is 2.85. The maximum absolute atomic E-state index is 12.5. The predicted molar refractivity (Wildman–Crippen MR) is 90.7 cm³/mol. The Morgan fingerprint density at radius 1 is 1.17 bits per heavy atom. The zero-order valence-corrected chi connectivity index (χ0v) is 13.6. The molecule has 0 radical (unpaired) electrons. The summed E-state index contributed by atoms with van der Waals surface area (Å²) in [5, 5.41) is 10.3. The summed E-state index contributed by atoms with van der Waals surface area (Å²) in [5.74, 6) is -1.12. The van der Waals surface area contributed by atoms with Crippen LogP contribution in [0.15, 0.2) is 48.5 Å². The number of benzene rings is 2. The first-order valence-corrected chi connectivity index (χ1v) is 7.61. The number of aromatic carboxylic acids is 1. The van der Waals surface area contributed by atoms with E-state index in [1.165, 1.54) is 10.6 Å². The largest absolute Gasteiger partial charge is 0.478 e. The van der Waals surface area contributed by atoms with Crippen LogP contribution >= 0.6 is 11.6 Å². The summed E-state index contributed by atoms with van der Waals surface area (Å²) in [6, 6.07) is 14.0. The number of aromatic nitrogens is 1. The number of ether oxygens (including phenoxy) is 1. The van der Waals surface area contributed by atoms with Gasteiger partial charge < -0.3 is 9.84 Å². The lowest BCUT2D eigenvalue weighted by Gasteiger charge is -2.08. The Hall–Kier alpha value is -2.79. The van der Waals surface area contributed by atoms with E-state index in [0.29, 0.717) is 21.6 Å². The average Bonchev–Trinajstić information content (AvgIpc) is 2.84. The molecule has 1 heterocycles. The van der Waals surface area contributed by atoms with Crippen molar-refractivity contribution in [2.75, 3.05) is 0 Å². The fraction of sp³-hybridized carbons (Fsp3) is 0.111. The van der Waals surface area contributed by atoms with Crippen LogP contribution in [0.3, 0.4) is 0 Å². The SMILES string of the molecule is Cc1c(C(=O)O)c2cc(Cl)ccc2n1C(=O)OCc1ccccc1. The van der Waals surface area contributed by atoms with E-state index in [-0.39, 0.29) is 12.2 Å². The highest BCUT2D eigenvalue weighted by molar-refractivity contribution is 6.31. The minimum absolute atomic E-state index is 0.0455. The molecule has 0 bridgehead atoms. The van der Waals surface area contributed by atoms with Gasteiger partial charge >= 0.3 is 12.1 Å². The van der Waals surface area contributed by atoms with Gasteiger partial charge in [0.25, 0.3) is 0 Å². The van der Waals surface area contributed by atoms with Crippen LogP contribution in [0.2, 0.25) is 5.02 Å². The van der Waals surface area contributed by atoms with Crippen LogP contribution in [0, 0.1) is 6.92 Å². The number of fused-ring (bicyclic) bond motifs is 1. The highest BCUT2D eigenvalue weighted by Crippen LogP contribution is 2.29. The Labute approximate surface area is 143 Å². The van der Waals surface area contributed by atoms with E-state index in [2.05, 4.69) is 0 Å². The number of carboxylic acids is 1. The van der Waals surface area contributed by atoms with Crippen molar-refractivity contribution in [1.29, 1.82) is 0 Å². The van der Waals surface area contributed by atoms with Crippen molar-refractivity contribution in [1.82, 2.24) is 4.57 Å². The van der Waals surface area contributed by atoms with E-state index in [0.717, 1.165) is 5.56 Å². The minimum atomic E-state index is -1.12. The molecule has 0 aliphatic heterocycles. The molecule has 1 aromatic heterocycles. The molecule has 1 N–H and O–H groups in total. The summed E-state index contributed by atoms with van der Waals surface area (Å²) in [6.07, 6.45) is -0.629. The maximum atomic E-state index is 12.5. The molecule has 0 spiro atoms. The van der Waals surface area contributed by atoms with Gasteiger partial charge in [-0.2, -0.15) is 0 Å². The summed E-state index contributed by atoms with van der Waals surface area (Å²) in [5.41, 5.74) is 1.65. The van der Waals surface area contributed by atoms with Crippen LogP contribution in [0.4, 0.5) is 4.79 Å². The zero-order valence-electron chi connectivity index (χ0n) is 12.8. The van der Waals surface area contributed by atoms with Crippen LogP contribution in [-0.2, 0) is 11.3 Å². The number of carboxylic acid groups (broad SMARTS) is 1. The highest BCUT2D eigenvalue weighted by Gasteiger charge is 2.23. The smallest absolute Gasteiger partial charge is 0.419 e. The third-order valence-electron chi connectivity index (χ3n) is 3.77. The number of halogens is 1. The van der Waals surface area contributed by atoms with Crippen molar-refractivity contribution in [3.63, 3.8) is 0 Å². The maximum Gasteiger partial charge on any atom is 0.419 e. The van der Waals surface area contributed by atoms with Gasteiger partial charge in [-0.05, 0) is 30.7 Å². The Morgan fingerprint density at radius 2 is 1.88 bits per heavy atom. The Kier molecular flexibility index (Phi) is 4.27. The molecule has 0 aliphatic rings. The molecular weight excluding hydrogens is 330 g/mol. The second-order valence-electron chi connectivity index (χ2n) is 5.30. The molecule has 0 aliphatic carbocycles. The Morgan fingerprint density at radius 3 is 2.54 bits per heavy atom. The molecule has 0 atom stereocenters. The molecular formula is C18H14ClNO4. The molecule has 0 unspecified atom stereocenters. The second kappa shape index (κ2) is 6.37. The van der Waals surface area contributed by atoms with E-state index in [1.54, 1.807) is 19.1 Å². The average molecular weight is 344 g/mol. The first-order valence-electron chi connectivity index (χ1n) is 7.24. The number of hydrogen-bond acceptors (Lipinski definition) is 3. The van der Waals surface area contributed by atoms with Crippen LogP contribution in [0.1, 0.15) is 21.6 Å². The molecule has 3 rings (SSSR count). The third kappa shape index (κ3) is 2.86. The van der Waals surface area contributed by atoms with E-state index in [4.69, 9.17) is 16.3 Å². The van der Waals surface area contributed by atoms with Crippen LogP contribution in [0.5, 0.6) is 0 Å². The highest BCUT2D eigenvalue weighted by atomic mass is 35.5. The van der Waals surface area contributed by atoms with E-state index in [9.17, 15) is 14.7 Å². The number of carbonyl (C=O) groups excluding carboxylic acids is 1. The molecule has 3 aromatic rings.